The van der Waals surface area contributed by atoms with Crippen molar-refractivity contribution in [2.75, 3.05) is 0 Å². The number of hydrogen-bond acceptors (Lipinski definition) is 6. The molecule has 0 fully saturated rings. The minimum atomic E-state index is -3.67. The molecule has 0 aliphatic carbocycles. The van der Waals surface area contributed by atoms with Crippen LogP contribution >= 0.6 is 0 Å². The van der Waals surface area contributed by atoms with Crippen molar-refractivity contribution in [1.82, 2.24) is 19.9 Å². The van der Waals surface area contributed by atoms with Gasteiger partial charge in [0.05, 0.1) is 18.0 Å². The fourth-order valence-corrected chi connectivity index (χ4v) is 4.12. The Bertz CT molecular complexity index is 939. The van der Waals surface area contributed by atoms with Gasteiger partial charge in [-0.1, -0.05) is 35.5 Å². The molecule has 0 amide bonds. The van der Waals surface area contributed by atoms with Crippen LogP contribution in [0.25, 0.3) is 0 Å². The van der Waals surface area contributed by atoms with Crippen LogP contribution in [-0.2, 0) is 22.1 Å². The van der Waals surface area contributed by atoms with Crippen LogP contribution in [0.1, 0.15) is 28.4 Å². The first-order valence-electron chi connectivity index (χ1n) is 7.46. The first kappa shape index (κ1) is 16.4. The third-order valence-electron chi connectivity index (χ3n) is 3.88. The molecular weight excluding hydrogens is 328 g/mol. The van der Waals surface area contributed by atoms with E-state index in [4.69, 9.17) is 4.52 Å². The normalized spacial score (nSPS) is 11.8. The summed E-state index contributed by atoms with van der Waals surface area (Å²) < 4.78 is 32.3. The monoisotopic (exact) mass is 346 g/mol. The summed E-state index contributed by atoms with van der Waals surface area (Å²) in [6.45, 7) is 5.56. The van der Waals surface area contributed by atoms with Crippen molar-refractivity contribution in [2.24, 2.45) is 0 Å². The molecule has 0 spiro atoms. The van der Waals surface area contributed by atoms with Gasteiger partial charge in [-0.15, -0.1) is 10.2 Å². The average molecular weight is 346 g/mol. The third kappa shape index (κ3) is 3.09. The molecule has 0 saturated heterocycles. The van der Waals surface area contributed by atoms with Gasteiger partial charge >= 0.3 is 0 Å². The van der Waals surface area contributed by atoms with E-state index < -0.39 is 9.84 Å². The molecule has 0 radical (unpaired) electrons. The molecule has 0 aliphatic rings. The Morgan fingerprint density at radius 3 is 2.42 bits per heavy atom. The minimum Gasteiger partial charge on any atom is -0.361 e. The Morgan fingerprint density at radius 1 is 1.08 bits per heavy atom. The predicted molar refractivity (Wildman–Crippen MR) is 87.2 cm³/mol. The number of sulfone groups is 1. The molecule has 0 saturated carbocycles. The Hall–Kier alpha value is -2.48. The average Bonchev–Trinajstić information content (AvgIpc) is 3.06. The van der Waals surface area contributed by atoms with E-state index in [0.29, 0.717) is 29.4 Å². The molecule has 7 nitrogen and oxygen atoms in total. The lowest BCUT2D eigenvalue weighted by Gasteiger charge is -2.09. The maximum atomic E-state index is 12.8. The van der Waals surface area contributed by atoms with E-state index in [1.54, 1.807) is 25.3 Å². The predicted octanol–water partition coefficient (Wildman–Crippen LogP) is 2.21. The van der Waals surface area contributed by atoms with Crippen LogP contribution in [0.5, 0.6) is 0 Å². The molecule has 8 heteroatoms. The lowest BCUT2D eigenvalue weighted by molar-refractivity contribution is 0.392. The van der Waals surface area contributed by atoms with Gasteiger partial charge in [0, 0.05) is 5.56 Å². The van der Waals surface area contributed by atoms with Crippen molar-refractivity contribution in [3.8, 4) is 0 Å². The molecule has 1 aromatic carbocycles. The summed E-state index contributed by atoms with van der Waals surface area (Å²) >= 11 is 0. The van der Waals surface area contributed by atoms with Gasteiger partial charge in [0.15, 0.2) is 0 Å². The van der Waals surface area contributed by atoms with Crippen molar-refractivity contribution in [1.29, 1.82) is 0 Å². The van der Waals surface area contributed by atoms with Gasteiger partial charge in [0.25, 0.3) is 0 Å². The van der Waals surface area contributed by atoms with E-state index in [1.807, 2.05) is 30.3 Å². The third-order valence-corrected chi connectivity index (χ3v) is 5.41. The van der Waals surface area contributed by atoms with Gasteiger partial charge in [-0.2, -0.15) is 0 Å². The molecule has 0 bridgehead atoms. The molecule has 0 aliphatic heterocycles. The lowest BCUT2D eigenvalue weighted by atomic mass is 10.2. The summed E-state index contributed by atoms with van der Waals surface area (Å²) in [4.78, 5) is 0. The van der Waals surface area contributed by atoms with Crippen molar-refractivity contribution >= 4 is 9.84 Å². The van der Waals surface area contributed by atoms with Crippen molar-refractivity contribution in [2.45, 2.75) is 38.2 Å². The van der Waals surface area contributed by atoms with Crippen molar-refractivity contribution in [3.05, 3.63) is 58.7 Å². The van der Waals surface area contributed by atoms with Crippen LogP contribution in [-0.4, -0.2) is 28.3 Å². The minimum absolute atomic E-state index is 0.0381. The zero-order valence-corrected chi connectivity index (χ0v) is 14.5. The SMILES string of the molecule is Cc1noc(C)c1CS(=O)(=O)c1nnc(C)n1Cc1ccccc1. The molecule has 3 rings (SSSR count). The van der Waals surface area contributed by atoms with E-state index in [-0.39, 0.29) is 10.9 Å². The smallest absolute Gasteiger partial charge is 0.250 e. The largest absolute Gasteiger partial charge is 0.361 e. The zero-order chi connectivity index (χ0) is 17.3. The molecule has 2 aromatic heterocycles. The second-order valence-electron chi connectivity index (χ2n) is 5.66. The molecule has 0 atom stereocenters. The summed E-state index contributed by atoms with van der Waals surface area (Å²) in [7, 11) is -3.67. The second kappa shape index (κ2) is 6.20. The van der Waals surface area contributed by atoms with E-state index in [0.717, 1.165) is 5.56 Å². The highest BCUT2D eigenvalue weighted by Gasteiger charge is 2.27. The number of rotatable bonds is 5. The Morgan fingerprint density at radius 2 is 1.79 bits per heavy atom. The molecule has 126 valence electrons. The van der Waals surface area contributed by atoms with Crippen LogP contribution < -0.4 is 0 Å². The fourth-order valence-electron chi connectivity index (χ4n) is 2.50. The molecule has 24 heavy (non-hydrogen) atoms. The van der Waals surface area contributed by atoms with E-state index in [1.165, 1.54) is 0 Å². The second-order valence-corrected chi connectivity index (χ2v) is 7.55. The molecule has 3 aromatic rings. The van der Waals surface area contributed by atoms with Gasteiger partial charge in [-0.3, -0.25) is 4.57 Å². The highest BCUT2D eigenvalue weighted by atomic mass is 32.2. The highest BCUT2D eigenvalue weighted by molar-refractivity contribution is 7.90. The molecule has 2 heterocycles. The molecule has 0 N–H and O–H groups in total. The van der Waals surface area contributed by atoms with Crippen LogP contribution in [0.2, 0.25) is 0 Å². The zero-order valence-electron chi connectivity index (χ0n) is 13.7. The Kier molecular flexibility index (Phi) is 4.23. The topological polar surface area (TPSA) is 90.9 Å². The summed E-state index contributed by atoms with van der Waals surface area (Å²) in [6, 6.07) is 9.60. The number of nitrogens with zero attached hydrogens (tertiary/aromatic N) is 4. The van der Waals surface area contributed by atoms with Crippen LogP contribution in [0.15, 0.2) is 40.0 Å². The first-order chi connectivity index (χ1) is 11.4. The van der Waals surface area contributed by atoms with Gasteiger partial charge in [0.2, 0.25) is 15.0 Å². The maximum Gasteiger partial charge on any atom is 0.250 e. The summed E-state index contributed by atoms with van der Waals surface area (Å²) in [5.74, 6) is 0.847. The Labute approximate surface area is 140 Å². The maximum absolute atomic E-state index is 12.8. The van der Waals surface area contributed by atoms with Gasteiger partial charge in [-0.05, 0) is 26.3 Å². The standard InChI is InChI=1S/C16H18N4O3S/c1-11-15(12(2)23-19-11)10-24(21,22)16-18-17-13(3)20(16)9-14-7-5-4-6-8-14/h4-8H,9-10H2,1-3H3. The van der Waals surface area contributed by atoms with E-state index in [9.17, 15) is 8.42 Å². The van der Waals surface area contributed by atoms with Crippen LogP contribution in [0.4, 0.5) is 0 Å². The van der Waals surface area contributed by atoms with Crippen LogP contribution in [0.3, 0.4) is 0 Å². The Balaban J connectivity index is 1.97. The van der Waals surface area contributed by atoms with Gasteiger partial charge in [-0.25, -0.2) is 8.42 Å². The summed E-state index contributed by atoms with van der Waals surface area (Å²) in [5, 5.41) is 11.6. The van der Waals surface area contributed by atoms with Gasteiger partial charge in [0.1, 0.15) is 11.6 Å². The lowest BCUT2D eigenvalue weighted by Crippen LogP contribution is -2.15. The summed E-state index contributed by atoms with van der Waals surface area (Å²) in [6.07, 6.45) is 0. The first-order valence-corrected chi connectivity index (χ1v) is 9.12. The molecule has 0 unspecified atom stereocenters. The van der Waals surface area contributed by atoms with Crippen molar-refractivity contribution in [3.63, 3.8) is 0 Å². The summed E-state index contributed by atoms with van der Waals surface area (Å²) in [5.41, 5.74) is 2.12. The highest BCUT2D eigenvalue weighted by Crippen LogP contribution is 2.21. The van der Waals surface area contributed by atoms with Gasteiger partial charge < -0.3 is 4.52 Å². The van der Waals surface area contributed by atoms with Crippen molar-refractivity contribution < 1.29 is 12.9 Å². The molecular formula is C16H18N4O3S. The number of aromatic nitrogens is 4. The van der Waals surface area contributed by atoms with E-state index in [2.05, 4.69) is 15.4 Å². The number of aryl methyl sites for hydroxylation is 3. The number of hydrogen-bond donors (Lipinski definition) is 0. The quantitative estimate of drug-likeness (QED) is 0.703. The fraction of sp³-hybridized carbons (Fsp3) is 0.312. The number of benzene rings is 1. The van der Waals surface area contributed by atoms with E-state index >= 15 is 0 Å². The van der Waals surface area contributed by atoms with Crippen LogP contribution in [0, 0.1) is 20.8 Å².